The van der Waals surface area contributed by atoms with E-state index in [1.165, 1.54) is 6.07 Å². The van der Waals surface area contributed by atoms with Crippen LogP contribution in [-0.4, -0.2) is 21.2 Å². The van der Waals surface area contributed by atoms with Crippen molar-refractivity contribution in [3.63, 3.8) is 0 Å². The molecule has 1 aliphatic carbocycles. The van der Waals surface area contributed by atoms with E-state index in [-0.39, 0.29) is 11.1 Å². The largest absolute Gasteiger partial charge is 0.505 e. The summed E-state index contributed by atoms with van der Waals surface area (Å²) in [7, 11) is 0. The van der Waals surface area contributed by atoms with Crippen molar-refractivity contribution in [3.8, 4) is 5.75 Å². The van der Waals surface area contributed by atoms with Crippen LogP contribution in [0.5, 0.6) is 5.75 Å². The van der Waals surface area contributed by atoms with Crippen LogP contribution in [0.2, 0.25) is 0 Å². The van der Waals surface area contributed by atoms with Crippen molar-refractivity contribution in [1.29, 1.82) is 0 Å². The Balaban J connectivity index is 2.08. The molecule has 0 amide bonds. The average Bonchev–Trinajstić information content (AvgIpc) is 3.42. The van der Waals surface area contributed by atoms with Crippen LogP contribution in [0.25, 0.3) is 10.9 Å². The first kappa shape index (κ1) is 17.3. The third-order valence-electron chi connectivity index (χ3n) is 5.04. The van der Waals surface area contributed by atoms with Crippen molar-refractivity contribution in [1.82, 2.24) is 4.98 Å². The molecule has 0 bridgehead atoms. The van der Waals surface area contributed by atoms with Crippen molar-refractivity contribution in [2.75, 3.05) is 0 Å². The van der Waals surface area contributed by atoms with Crippen molar-refractivity contribution in [2.24, 2.45) is 0 Å². The number of pyridine rings is 1. The van der Waals surface area contributed by atoms with Crippen molar-refractivity contribution >= 4 is 16.9 Å². The predicted octanol–water partition coefficient (Wildman–Crippen LogP) is 4.74. The first-order valence-electron chi connectivity index (χ1n) is 8.28. The van der Waals surface area contributed by atoms with E-state index in [1.807, 2.05) is 0 Å². The van der Waals surface area contributed by atoms with E-state index in [2.05, 4.69) is 4.98 Å². The Morgan fingerprint density at radius 2 is 1.70 bits per heavy atom. The fourth-order valence-electron chi connectivity index (χ4n) is 3.60. The summed E-state index contributed by atoms with van der Waals surface area (Å²) in [5.74, 6) is -2.07. The summed E-state index contributed by atoms with van der Waals surface area (Å²) in [6, 6.07) is 12.2. The molecule has 1 fully saturated rings. The average molecular weight is 373 g/mol. The summed E-state index contributed by atoms with van der Waals surface area (Å²) in [6.07, 6.45) is -3.56. The molecule has 4 nitrogen and oxygen atoms in total. The van der Waals surface area contributed by atoms with Crippen molar-refractivity contribution < 1.29 is 28.2 Å². The maximum atomic E-state index is 13.5. The molecule has 27 heavy (non-hydrogen) atoms. The zero-order valence-corrected chi connectivity index (χ0v) is 13.9. The maximum absolute atomic E-state index is 13.5. The highest BCUT2D eigenvalue weighted by Gasteiger charge is 2.50. The maximum Gasteiger partial charge on any atom is 0.418 e. The molecule has 7 heteroatoms. The second-order valence-corrected chi connectivity index (χ2v) is 6.64. The summed E-state index contributed by atoms with van der Waals surface area (Å²) in [5.41, 5.74) is -2.04. The van der Waals surface area contributed by atoms with Crippen LogP contribution < -0.4 is 0 Å². The monoisotopic (exact) mass is 373 g/mol. The van der Waals surface area contributed by atoms with E-state index >= 15 is 0 Å². The Bertz CT molecular complexity index is 1060. The van der Waals surface area contributed by atoms with Gasteiger partial charge in [-0.2, -0.15) is 13.2 Å². The molecule has 0 unspecified atom stereocenters. The topological polar surface area (TPSA) is 70.4 Å². The highest BCUT2D eigenvalue weighted by atomic mass is 19.4. The minimum Gasteiger partial charge on any atom is -0.505 e. The molecule has 1 aromatic heterocycles. The number of alkyl halides is 3. The lowest BCUT2D eigenvalue weighted by molar-refractivity contribution is -0.136. The molecule has 3 aromatic rings. The molecule has 0 atom stereocenters. The van der Waals surface area contributed by atoms with Crippen LogP contribution in [0.4, 0.5) is 13.2 Å². The summed E-state index contributed by atoms with van der Waals surface area (Å²) in [5, 5.41) is 20.0. The number of hydrogen-bond acceptors (Lipinski definition) is 3. The number of carbonyl (C=O) groups is 1. The SMILES string of the molecule is O=C(O)c1c(O)c(C2(c3ccccc3)CC2)nc2c(C(F)(F)F)cccc12. The highest BCUT2D eigenvalue weighted by Crippen LogP contribution is 2.56. The Hall–Kier alpha value is -3.09. The quantitative estimate of drug-likeness (QED) is 0.696. The molecule has 138 valence electrons. The number of nitrogens with zero attached hydrogens (tertiary/aromatic N) is 1. The fourth-order valence-corrected chi connectivity index (χ4v) is 3.60. The molecule has 1 heterocycles. The Kier molecular flexibility index (Phi) is 3.66. The molecule has 0 spiro atoms. The van der Waals surface area contributed by atoms with Gasteiger partial charge in [-0.05, 0) is 24.5 Å². The summed E-state index contributed by atoms with van der Waals surface area (Å²) >= 11 is 0. The van der Waals surface area contributed by atoms with Crippen molar-refractivity contribution in [3.05, 3.63) is 70.9 Å². The third kappa shape index (κ3) is 2.61. The number of fused-ring (bicyclic) bond motifs is 1. The molecule has 0 aliphatic heterocycles. The zero-order valence-electron chi connectivity index (χ0n) is 13.9. The molecular weight excluding hydrogens is 359 g/mol. The standard InChI is InChI=1S/C20H14F3NO3/c21-20(22,23)13-8-4-7-12-14(18(26)27)16(25)17(24-15(12)13)19(9-10-19)11-5-2-1-3-6-11/h1-8,25H,9-10H2,(H,26,27). The van der Waals surface area contributed by atoms with Crippen LogP contribution in [0.1, 0.15) is 40.0 Å². The van der Waals surface area contributed by atoms with E-state index in [0.29, 0.717) is 12.8 Å². The highest BCUT2D eigenvalue weighted by molar-refractivity contribution is 6.06. The minimum absolute atomic E-state index is 0.0182. The van der Waals surface area contributed by atoms with Crippen LogP contribution in [0.15, 0.2) is 48.5 Å². The third-order valence-corrected chi connectivity index (χ3v) is 5.04. The molecule has 0 saturated heterocycles. The number of para-hydroxylation sites is 1. The van der Waals surface area contributed by atoms with Gasteiger partial charge in [-0.25, -0.2) is 9.78 Å². The van der Waals surface area contributed by atoms with E-state index in [1.54, 1.807) is 30.3 Å². The number of aromatic hydroxyl groups is 1. The minimum atomic E-state index is -4.69. The number of carboxylic acids is 1. The first-order chi connectivity index (χ1) is 12.8. The summed E-state index contributed by atoms with van der Waals surface area (Å²) in [6.45, 7) is 0. The van der Waals surface area contributed by atoms with Crippen LogP contribution in [-0.2, 0) is 11.6 Å². The molecule has 2 aromatic carbocycles. The lowest BCUT2D eigenvalue weighted by Gasteiger charge is -2.20. The van der Waals surface area contributed by atoms with Gasteiger partial charge >= 0.3 is 12.1 Å². The van der Waals surface area contributed by atoms with E-state index in [9.17, 15) is 28.2 Å². The number of carboxylic acid groups (broad SMARTS) is 1. The number of aromatic carboxylic acids is 1. The van der Waals surface area contributed by atoms with Gasteiger partial charge in [0.1, 0.15) is 5.56 Å². The summed E-state index contributed by atoms with van der Waals surface area (Å²) < 4.78 is 40.4. The van der Waals surface area contributed by atoms with Gasteiger partial charge in [0.15, 0.2) is 5.75 Å². The Morgan fingerprint density at radius 3 is 2.26 bits per heavy atom. The molecule has 0 radical (unpaired) electrons. The van der Waals surface area contributed by atoms with Crippen LogP contribution in [0, 0.1) is 0 Å². The van der Waals surface area contributed by atoms with Gasteiger partial charge in [-0.3, -0.25) is 0 Å². The normalized spacial score (nSPS) is 15.7. The number of benzene rings is 2. The molecule has 1 saturated carbocycles. The molecule has 2 N–H and O–H groups in total. The van der Waals surface area contributed by atoms with Gasteiger partial charge in [0, 0.05) is 10.8 Å². The molecule has 4 rings (SSSR count). The van der Waals surface area contributed by atoms with Gasteiger partial charge in [-0.1, -0.05) is 42.5 Å². The predicted molar refractivity (Wildman–Crippen MR) is 91.8 cm³/mol. The number of halogens is 3. The van der Waals surface area contributed by atoms with E-state index in [0.717, 1.165) is 17.7 Å². The van der Waals surface area contributed by atoms with Gasteiger partial charge < -0.3 is 10.2 Å². The van der Waals surface area contributed by atoms with Gasteiger partial charge in [0.2, 0.25) is 0 Å². The lowest BCUT2D eigenvalue weighted by atomic mass is 9.89. The zero-order chi connectivity index (χ0) is 19.4. The number of aromatic nitrogens is 1. The van der Waals surface area contributed by atoms with E-state index < -0.39 is 40.0 Å². The first-order valence-corrected chi connectivity index (χ1v) is 8.28. The number of hydrogen-bond donors (Lipinski definition) is 2. The van der Waals surface area contributed by atoms with Crippen LogP contribution >= 0.6 is 0 Å². The van der Waals surface area contributed by atoms with Gasteiger partial charge in [0.25, 0.3) is 0 Å². The fraction of sp³-hybridized carbons (Fsp3) is 0.200. The van der Waals surface area contributed by atoms with Gasteiger partial charge in [-0.15, -0.1) is 0 Å². The van der Waals surface area contributed by atoms with Crippen LogP contribution in [0.3, 0.4) is 0 Å². The molecule has 1 aliphatic rings. The molecular formula is C20H14F3NO3. The Morgan fingerprint density at radius 1 is 1.04 bits per heavy atom. The lowest BCUT2D eigenvalue weighted by Crippen LogP contribution is -2.16. The van der Waals surface area contributed by atoms with Gasteiger partial charge in [0.05, 0.1) is 16.8 Å². The second kappa shape index (κ2) is 5.70. The summed E-state index contributed by atoms with van der Waals surface area (Å²) in [4.78, 5) is 15.9. The smallest absolute Gasteiger partial charge is 0.418 e. The van der Waals surface area contributed by atoms with Crippen molar-refractivity contribution in [2.45, 2.75) is 24.4 Å². The Labute approximate surface area is 151 Å². The van der Waals surface area contributed by atoms with E-state index in [4.69, 9.17) is 0 Å². The number of rotatable bonds is 3. The second-order valence-electron chi connectivity index (χ2n) is 6.64.